The molecule has 0 saturated carbocycles. The number of hydrogen-bond donors (Lipinski definition) is 1. The Morgan fingerprint density at radius 2 is 2.00 bits per heavy atom. The number of rotatable bonds is 3. The van der Waals surface area contributed by atoms with Crippen molar-refractivity contribution in [3.8, 4) is 11.5 Å². The molecule has 2 rings (SSSR count). The summed E-state index contributed by atoms with van der Waals surface area (Å²) in [7, 11) is 0. The first-order valence-electron chi connectivity index (χ1n) is 5.89. The Hall–Kier alpha value is -1.58. The van der Waals surface area contributed by atoms with Crippen LogP contribution in [0.2, 0.25) is 5.02 Å². The molecule has 0 aliphatic heterocycles. The van der Waals surface area contributed by atoms with Gasteiger partial charge in [-0.1, -0.05) is 23.7 Å². The summed E-state index contributed by atoms with van der Waals surface area (Å²) in [4.78, 5) is 0. The van der Waals surface area contributed by atoms with Crippen molar-refractivity contribution in [1.29, 1.82) is 0 Å². The van der Waals surface area contributed by atoms with Gasteiger partial charge in [0.05, 0.1) is 6.10 Å². The summed E-state index contributed by atoms with van der Waals surface area (Å²) in [6.45, 7) is 3.39. The zero-order valence-corrected chi connectivity index (χ0v) is 11.4. The van der Waals surface area contributed by atoms with Crippen molar-refractivity contribution in [2.24, 2.45) is 0 Å². The Bertz CT molecular complexity index is 597. The monoisotopic (exact) mass is 280 g/mol. The third-order valence-electron chi connectivity index (χ3n) is 2.80. The molecule has 0 heterocycles. The first-order valence-corrected chi connectivity index (χ1v) is 6.27. The lowest BCUT2D eigenvalue weighted by Gasteiger charge is -2.15. The fraction of sp³-hybridized carbons (Fsp3) is 0.200. The molecule has 0 radical (unpaired) electrons. The van der Waals surface area contributed by atoms with Crippen LogP contribution in [-0.2, 0) is 0 Å². The first kappa shape index (κ1) is 13.8. The predicted molar refractivity (Wildman–Crippen MR) is 73.3 cm³/mol. The molecule has 100 valence electrons. The van der Waals surface area contributed by atoms with Crippen molar-refractivity contribution in [1.82, 2.24) is 0 Å². The topological polar surface area (TPSA) is 29.5 Å². The zero-order valence-electron chi connectivity index (χ0n) is 10.7. The summed E-state index contributed by atoms with van der Waals surface area (Å²) in [6.07, 6.45) is -0.807. The summed E-state index contributed by atoms with van der Waals surface area (Å²) in [5.74, 6) is 0.0482. The van der Waals surface area contributed by atoms with E-state index < -0.39 is 11.9 Å². The number of halogens is 2. The van der Waals surface area contributed by atoms with Gasteiger partial charge in [0, 0.05) is 10.6 Å². The smallest absolute Gasteiger partial charge is 0.168 e. The van der Waals surface area contributed by atoms with Crippen LogP contribution in [0.3, 0.4) is 0 Å². The molecule has 0 aliphatic rings. The lowest BCUT2D eigenvalue weighted by atomic mass is 10.1. The highest BCUT2D eigenvalue weighted by Gasteiger charge is 2.15. The van der Waals surface area contributed by atoms with Gasteiger partial charge in [0.2, 0.25) is 0 Å². The number of para-hydroxylation sites is 1. The molecule has 0 amide bonds. The van der Waals surface area contributed by atoms with Gasteiger partial charge in [-0.3, -0.25) is 0 Å². The minimum absolute atomic E-state index is 0.0444. The Labute approximate surface area is 116 Å². The predicted octanol–water partition coefficient (Wildman–Crippen LogP) is 4.63. The molecule has 1 atom stereocenters. The molecular formula is C15H14ClFO2. The summed E-state index contributed by atoms with van der Waals surface area (Å²) in [5, 5.41) is 10.2. The van der Waals surface area contributed by atoms with Gasteiger partial charge in [0.15, 0.2) is 11.6 Å². The van der Waals surface area contributed by atoms with Crippen LogP contribution in [0.5, 0.6) is 11.5 Å². The third kappa shape index (κ3) is 3.06. The fourth-order valence-electron chi connectivity index (χ4n) is 1.80. The lowest BCUT2D eigenvalue weighted by molar-refractivity contribution is 0.194. The molecule has 0 aromatic heterocycles. The number of hydrogen-bond acceptors (Lipinski definition) is 2. The highest BCUT2D eigenvalue weighted by Crippen LogP contribution is 2.34. The Morgan fingerprint density at radius 1 is 1.26 bits per heavy atom. The molecule has 1 N–H and O–H groups in total. The molecule has 2 aromatic carbocycles. The summed E-state index contributed by atoms with van der Waals surface area (Å²) in [5.41, 5.74) is 1.21. The van der Waals surface area contributed by atoms with Crippen molar-refractivity contribution >= 4 is 11.6 Å². The molecule has 0 spiro atoms. The van der Waals surface area contributed by atoms with Crippen LogP contribution in [-0.4, -0.2) is 5.11 Å². The number of benzene rings is 2. The average Bonchev–Trinajstić information content (AvgIpc) is 2.34. The standard InChI is InChI=1S/C15H14ClFO2/c1-9-8-11(16)6-7-14(9)19-15-12(10(2)18)4-3-5-13(15)17/h3-8,10,18H,1-2H3. The van der Waals surface area contributed by atoms with Crippen LogP contribution < -0.4 is 4.74 Å². The SMILES string of the molecule is Cc1cc(Cl)ccc1Oc1c(F)cccc1C(C)O. The maximum Gasteiger partial charge on any atom is 0.168 e. The van der Waals surface area contributed by atoms with Crippen LogP contribution in [0.1, 0.15) is 24.2 Å². The molecule has 0 aliphatic carbocycles. The number of ether oxygens (including phenoxy) is 1. The van der Waals surface area contributed by atoms with Gasteiger partial charge < -0.3 is 9.84 Å². The van der Waals surface area contributed by atoms with E-state index in [1.165, 1.54) is 6.07 Å². The molecule has 1 unspecified atom stereocenters. The van der Waals surface area contributed by atoms with Gasteiger partial charge in [-0.2, -0.15) is 0 Å². The van der Waals surface area contributed by atoms with Crippen molar-refractivity contribution in [2.75, 3.05) is 0 Å². The summed E-state index contributed by atoms with van der Waals surface area (Å²) < 4.78 is 19.4. The van der Waals surface area contributed by atoms with E-state index in [2.05, 4.69) is 0 Å². The molecule has 0 saturated heterocycles. The molecule has 2 nitrogen and oxygen atoms in total. The minimum atomic E-state index is -0.807. The minimum Gasteiger partial charge on any atom is -0.454 e. The normalized spacial score (nSPS) is 12.3. The van der Waals surface area contributed by atoms with Crippen molar-refractivity contribution in [2.45, 2.75) is 20.0 Å². The van der Waals surface area contributed by atoms with E-state index in [9.17, 15) is 9.50 Å². The van der Waals surface area contributed by atoms with Crippen LogP contribution in [0.25, 0.3) is 0 Å². The van der Waals surface area contributed by atoms with E-state index >= 15 is 0 Å². The molecule has 4 heteroatoms. The van der Waals surface area contributed by atoms with Crippen molar-refractivity contribution < 1.29 is 14.2 Å². The molecule has 0 bridgehead atoms. The average molecular weight is 281 g/mol. The van der Waals surface area contributed by atoms with Gasteiger partial charge in [0.25, 0.3) is 0 Å². The van der Waals surface area contributed by atoms with E-state index in [-0.39, 0.29) is 5.75 Å². The Balaban J connectivity index is 2.43. The lowest BCUT2D eigenvalue weighted by Crippen LogP contribution is -1.99. The van der Waals surface area contributed by atoms with E-state index in [4.69, 9.17) is 16.3 Å². The number of aryl methyl sites for hydroxylation is 1. The maximum atomic E-state index is 13.8. The van der Waals surface area contributed by atoms with Gasteiger partial charge in [-0.25, -0.2) is 4.39 Å². The van der Waals surface area contributed by atoms with Crippen molar-refractivity contribution in [3.05, 3.63) is 58.4 Å². The second kappa shape index (κ2) is 5.59. The maximum absolute atomic E-state index is 13.8. The Morgan fingerprint density at radius 3 is 2.63 bits per heavy atom. The Kier molecular flexibility index (Phi) is 4.08. The van der Waals surface area contributed by atoms with Crippen LogP contribution >= 0.6 is 11.6 Å². The van der Waals surface area contributed by atoms with Crippen LogP contribution in [0, 0.1) is 12.7 Å². The van der Waals surface area contributed by atoms with Crippen molar-refractivity contribution in [3.63, 3.8) is 0 Å². The summed E-state index contributed by atoms with van der Waals surface area (Å²) >= 11 is 5.86. The van der Waals surface area contributed by atoms with E-state index in [1.807, 2.05) is 6.92 Å². The first-order chi connectivity index (χ1) is 8.99. The molecule has 0 fully saturated rings. The van der Waals surface area contributed by atoms with E-state index in [0.29, 0.717) is 16.3 Å². The van der Waals surface area contributed by atoms with E-state index in [1.54, 1.807) is 37.3 Å². The van der Waals surface area contributed by atoms with Gasteiger partial charge in [-0.05, 0) is 43.7 Å². The number of aliphatic hydroxyl groups is 1. The quantitative estimate of drug-likeness (QED) is 0.888. The molecule has 2 aromatic rings. The highest BCUT2D eigenvalue weighted by atomic mass is 35.5. The molecular weight excluding hydrogens is 267 g/mol. The largest absolute Gasteiger partial charge is 0.454 e. The van der Waals surface area contributed by atoms with Gasteiger partial charge in [0.1, 0.15) is 5.75 Å². The van der Waals surface area contributed by atoms with Gasteiger partial charge in [-0.15, -0.1) is 0 Å². The summed E-state index contributed by atoms with van der Waals surface area (Å²) in [6, 6.07) is 9.56. The second-order valence-corrected chi connectivity index (χ2v) is 4.78. The second-order valence-electron chi connectivity index (χ2n) is 4.35. The van der Waals surface area contributed by atoms with E-state index in [0.717, 1.165) is 5.56 Å². The highest BCUT2D eigenvalue weighted by molar-refractivity contribution is 6.30. The van der Waals surface area contributed by atoms with Crippen LogP contribution in [0.15, 0.2) is 36.4 Å². The van der Waals surface area contributed by atoms with Crippen LogP contribution in [0.4, 0.5) is 4.39 Å². The molecule has 19 heavy (non-hydrogen) atoms. The fourth-order valence-corrected chi connectivity index (χ4v) is 2.03. The number of aliphatic hydroxyl groups excluding tert-OH is 1. The zero-order chi connectivity index (χ0) is 14.0. The van der Waals surface area contributed by atoms with Gasteiger partial charge >= 0.3 is 0 Å². The third-order valence-corrected chi connectivity index (χ3v) is 3.03.